The number of benzene rings is 2. The molecule has 1 N–H and O–H groups in total. The Labute approximate surface area is 195 Å². The van der Waals surface area contributed by atoms with E-state index in [1.807, 2.05) is 32.2 Å². The Morgan fingerprint density at radius 1 is 1.12 bits per heavy atom. The SMILES string of the molecule is C/C=C\N=C(C)c1ccc(C)c(-c2c(CCCC(CC)CC)ccc(C(=O)NC)c2C)c1. The lowest BCUT2D eigenvalue weighted by Gasteiger charge is -2.20. The van der Waals surface area contributed by atoms with Crippen molar-refractivity contribution in [3.05, 3.63) is 70.4 Å². The first-order valence-corrected chi connectivity index (χ1v) is 12.0. The van der Waals surface area contributed by atoms with Gasteiger partial charge in [-0.3, -0.25) is 9.79 Å². The van der Waals surface area contributed by atoms with Gasteiger partial charge in [-0.15, -0.1) is 0 Å². The van der Waals surface area contributed by atoms with Gasteiger partial charge in [-0.2, -0.15) is 0 Å². The maximum atomic E-state index is 12.6. The Kier molecular flexibility index (Phi) is 9.90. The van der Waals surface area contributed by atoms with E-state index >= 15 is 0 Å². The van der Waals surface area contributed by atoms with E-state index in [4.69, 9.17) is 0 Å². The lowest BCUT2D eigenvalue weighted by molar-refractivity contribution is 0.0962. The number of rotatable bonds is 10. The van der Waals surface area contributed by atoms with E-state index in [9.17, 15) is 4.79 Å². The summed E-state index contributed by atoms with van der Waals surface area (Å²) in [5.74, 6) is 0.757. The molecular weight excluding hydrogens is 392 g/mol. The van der Waals surface area contributed by atoms with Gasteiger partial charge in [0.15, 0.2) is 0 Å². The fraction of sp³-hybridized carbons (Fsp3) is 0.448. The van der Waals surface area contributed by atoms with E-state index in [1.54, 1.807) is 7.05 Å². The van der Waals surface area contributed by atoms with Crippen molar-refractivity contribution in [1.29, 1.82) is 0 Å². The molecule has 0 saturated carbocycles. The van der Waals surface area contributed by atoms with Gasteiger partial charge in [-0.1, -0.05) is 57.4 Å². The summed E-state index contributed by atoms with van der Waals surface area (Å²) in [4.78, 5) is 17.1. The summed E-state index contributed by atoms with van der Waals surface area (Å²) in [6.07, 6.45) is 9.68. The second-order valence-electron chi connectivity index (χ2n) is 8.65. The number of aryl methyl sites for hydroxylation is 2. The van der Waals surface area contributed by atoms with E-state index in [1.165, 1.54) is 47.9 Å². The van der Waals surface area contributed by atoms with Crippen LogP contribution >= 0.6 is 0 Å². The van der Waals surface area contributed by atoms with Crippen molar-refractivity contribution in [3.63, 3.8) is 0 Å². The summed E-state index contributed by atoms with van der Waals surface area (Å²) < 4.78 is 0. The minimum absolute atomic E-state index is 0.0352. The molecule has 0 spiro atoms. The molecule has 0 radical (unpaired) electrons. The van der Waals surface area contributed by atoms with Crippen LogP contribution in [0.25, 0.3) is 11.1 Å². The third-order valence-corrected chi connectivity index (χ3v) is 6.58. The first-order chi connectivity index (χ1) is 15.4. The number of amides is 1. The van der Waals surface area contributed by atoms with Crippen molar-refractivity contribution in [3.8, 4) is 11.1 Å². The predicted molar refractivity (Wildman–Crippen MR) is 139 cm³/mol. The molecule has 0 aliphatic rings. The largest absolute Gasteiger partial charge is 0.355 e. The van der Waals surface area contributed by atoms with Crippen LogP contribution in [0.2, 0.25) is 0 Å². The molecule has 0 heterocycles. The molecule has 0 bridgehead atoms. The van der Waals surface area contributed by atoms with Crippen molar-refractivity contribution < 1.29 is 4.79 Å². The van der Waals surface area contributed by atoms with Crippen molar-refractivity contribution in [2.45, 2.75) is 73.6 Å². The van der Waals surface area contributed by atoms with E-state index in [-0.39, 0.29) is 5.91 Å². The van der Waals surface area contributed by atoms with Crippen LogP contribution in [0.3, 0.4) is 0 Å². The number of carbonyl (C=O) groups excluding carboxylic acids is 1. The highest BCUT2D eigenvalue weighted by atomic mass is 16.1. The van der Waals surface area contributed by atoms with Gasteiger partial charge >= 0.3 is 0 Å². The summed E-state index contributed by atoms with van der Waals surface area (Å²) in [6.45, 7) is 12.8. The molecular formula is C29H40N2O. The average Bonchev–Trinajstić information content (AvgIpc) is 2.80. The highest BCUT2D eigenvalue weighted by Gasteiger charge is 2.18. The second-order valence-corrected chi connectivity index (χ2v) is 8.65. The van der Waals surface area contributed by atoms with Crippen LogP contribution in [-0.2, 0) is 6.42 Å². The average molecular weight is 433 g/mol. The van der Waals surface area contributed by atoms with Crippen LogP contribution in [0.4, 0.5) is 0 Å². The standard InChI is InChI=1S/C29H40N2O/c1-8-18-31-22(6)25-15-14-20(4)27(19-25)28-21(5)26(29(32)30-7)17-16-24(28)13-11-12-23(9-2)10-3/h8,14-19,23H,9-13H2,1-7H3,(H,30,32)/b18-8-,31-22?. The van der Waals surface area contributed by atoms with Crippen LogP contribution in [0, 0.1) is 19.8 Å². The van der Waals surface area contributed by atoms with E-state index in [2.05, 4.69) is 62.3 Å². The van der Waals surface area contributed by atoms with Crippen molar-refractivity contribution >= 4 is 11.6 Å². The third kappa shape index (κ3) is 6.18. The first kappa shape index (κ1) is 25.6. The number of hydrogen-bond donors (Lipinski definition) is 1. The fourth-order valence-electron chi connectivity index (χ4n) is 4.39. The van der Waals surface area contributed by atoms with Crippen LogP contribution < -0.4 is 5.32 Å². The lowest BCUT2D eigenvalue weighted by atomic mass is 9.85. The fourth-order valence-corrected chi connectivity index (χ4v) is 4.39. The highest BCUT2D eigenvalue weighted by Crippen LogP contribution is 2.34. The van der Waals surface area contributed by atoms with Gasteiger partial charge < -0.3 is 5.32 Å². The molecule has 0 aliphatic carbocycles. The molecule has 32 heavy (non-hydrogen) atoms. The Hall–Kier alpha value is -2.68. The van der Waals surface area contributed by atoms with Crippen molar-refractivity contribution in [2.24, 2.45) is 10.9 Å². The van der Waals surface area contributed by atoms with Crippen LogP contribution in [0.15, 0.2) is 47.6 Å². The third-order valence-electron chi connectivity index (χ3n) is 6.58. The molecule has 0 aliphatic heterocycles. The van der Waals surface area contributed by atoms with Crippen LogP contribution in [0.1, 0.15) is 86.0 Å². The quantitative estimate of drug-likeness (QED) is 0.390. The number of nitrogens with one attached hydrogen (secondary N) is 1. The number of carbonyl (C=O) groups is 1. The van der Waals surface area contributed by atoms with Crippen molar-refractivity contribution in [2.75, 3.05) is 7.05 Å². The van der Waals surface area contributed by atoms with Gasteiger partial charge in [0.05, 0.1) is 0 Å². The van der Waals surface area contributed by atoms with E-state index in [0.717, 1.165) is 34.7 Å². The monoisotopic (exact) mass is 432 g/mol. The Morgan fingerprint density at radius 2 is 1.84 bits per heavy atom. The smallest absolute Gasteiger partial charge is 0.251 e. The lowest BCUT2D eigenvalue weighted by Crippen LogP contribution is -2.19. The molecule has 3 heteroatoms. The Balaban J connectivity index is 2.59. The Morgan fingerprint density at radius 3 is 2.47 bits per heavy atom. The molecule has 2 aromatic rings. The normalized spacial score (nSPS) is 12.1. The minimum atomic E-state index is -0.0352. The molecule has 172 valence electrons. The van der Waals surface area contributed by atoms with Gasteiger partial charge in [-0.05, 0) is 92.0 Å². The van der Waals surface area contributed by atoms with E-state index < -0.39 is 0 Å². The maximum Gasteiger partial charge on any atom is 0.251 e. The second kappa shape index (κ2) is 12.4. The molecule has 2 rings (SSSR count). The molecule has 0 aromatic heterocycles. The van der Waals surface area contributed by atoms with Gasteiger partial charge in [0.2, 0.25) is 0 Å². The number of aliphatic imine (C=N–C) groups is 1. The van der Waals surface area contributed by atoms with Crippen LogP contribution in [-0.4, -0.2) is 18.7 Å². The summed E-state index contributed by atoms with van der Waals surface area (Å²) >= 11 is 0. The molecule has 0 fully saturated rings. The number of hydrogen-bond acceptors (Lipinski definition) is 2. The maximum absolute atomic E-state index is 12.6. The minimum Gasteiger partial charge on any atom is -0.355 e. The van der Waals surface area contributed by atoms with E-state index in [0.29, 0.717) is 0 Å². The zero-order chi connectivity index (χ0) is 23.7. The highest BCUT2D eigenvalue weighted by molar-refractivity contribution is 6.01. The number of allylic oxidation sites excluding steroid dienone is 1. The van der Waals surface area contributed by atoms with Gasteiger partial charge in [0.25, 0.3) is 5.91 Å². The summed E-state index contributed by atoms with van der Waals surface area (Å²) in [7, 11) is 1.69. The zero-order valence-corrected chi connectivity index (χ0v) is 21.0. The predicted octanol–water partition coefficient (Wildman–Crippen LogP) is 7.43. The molecule has 0 atom stereocenters. The molecule has 3 nitrogen and oxygen atoms in total. The van der Waals surface area contributed by atoms with Crippen molar-refractivity contribution in [1.82, 2.24) is 5.32 Å². The van der Waals surface area contributed by atoms with Crippen LogP contribution in [0.5, 0.6) is 0 Å². The van der Waals surface area contributed by atoms with Gasteiger partial charge in [0.1, 0.15) is 0 Å². The molecule has 0 unspecified atom stereocenters. The topological polar surface area (TPSA) is 41.5 Å². The molecule has 1 amide bonds. The first-order valence-electron chi connectivity index (χ1n) is 12.0. The molecule has 0 saturated heterocycles. The Bertz CT molecular complexity index is 981. The van der Waals surface area contributed by atoms with Gasteiger partial charge in [0, 0.05) is 24.5 Å². The number of nitrogens with zero attached hydrogens (tertiary/aromatic N) is 1. The summed E-state index contributed by atoms with van der Waals surface area (Å²) in [5.41, 5.74) is 8.82. The molecule has 2 aromatic carbocycles. The van der Waals surface area contributed by atoms with Gasteiger partial charge in [-0.25, -0.2) is 0 Å². The summed E-state index contributed by atoms with van der Waals surface area (Å²) in [5, 5.41) is 2.80. The zero-order valence-electron chi connectivity index (χ0n) is 21.0. The summed E-state index contributed by atoms with van der Waals surface area (Å²) in [6, 6.07) is 10.7.